The summed E-state index contributed by atoms with van der Waals surface area (Å²) < 4.78 is 10.1. The van der Waals surface area contributed by atoms with E-state index < -0.39 is 36.2 Å². The fourth-order valence-electron chi connectivity index (χ4n) is 3.40. The Morgan fingerprint density at radius 1 is 0.676 bits per heavy atom. The number of rotatable bonds is 11. The largest absolute Gasteiger partial charge is 0.480 e. The van der Waals surface area contributed by atoms with Gasteiger partial charge in [-0.05, 0) is 25.0 Å². The van der Waals surface area contributed by atoms with E-state index in [1.54, 1.807) is 74.5 Å². The first-order valence-corrected chi connectivity index (χ1v) is 10.7. The Hall–Kier alpha value is -4.08. The van der Waals surface area contributed by atoms with Crippen LogP contribution in [0.15, 0.2) is 60.7 Å². The van der Waals surface area contributed by atoms with Crippen LogP contribution in [0.3, 0.4) is 0 Å². The maximum absolute atomic E-state index is 12.8. The van der Waals surface area contributed by atoms with Gasteiger partial charge in [-0.25, -0.2) is 19.2 Å². The van der Waals surface area contributed by atoms with Crippen molar-refractivity contribution in [2.45, 2.75) is 39.0 Å². The summed E-state index contributed by atoms with van der Waals surface area (Å²) in [4.78, 5) is 52.1. The van der Waals surface area contributed by atoms with Gasteiger partial charge in [-0.3, -0.25) is 9.80 Å². The van der Waals surface area contributed by atoms with Gasteiger partial charge in [0.25, 0.3) is 0 Å². The molecule has 0 heterocycles. The van der Waals surface area contributed by atoms with Crippen LogP contribution >= 0.6 is 0 Å². The highest BCUT2D eigenvalue weighted by molar-refractivity contribution is 5.90. The maximum Gasteiger partial charge on any atom is 0.410 e. The molecule has 10 heteroatoms. The Balaban J connectivity index is 2.57. The molecule has 182 valence electrons. The highest BCUT2D eigenvalue weighted by atomic mass is 16.6. The first kappa shape index (κ1) is 26.2. The summed E-state index contributed by atoms with van der Waals surface area (Å²) in [5.74, 6) is -3.22. The number of ether oxygens (including phenoxy) is 2. The number of benzene rings is 2. The molecule has 0 bridgehead atoms. The van der Waals surface area contributed by atoms with Gasteiger partial charge >= 0.3 is 24.1 Å². The third kappa shape index (κ3) is 6.96. The predicted molar refractivity (Wildman–Crippen MR) is 121 cm³/mol. The molecule has 0 aliphatic heterocycles. The lowest BCUT2D eigenvalue weighted by Crippen LogP contribution is -2.61. The second kappa shape index (κ2) is 12.8. The Labute approximate surface area is 197 Å². The Morgan fingerprint density at radius 3 is 1.26 bits per heavy atom. The lowest BCUT2D eigenvalue weighted by Gasteiger charge is -2.37. The molecule has 2 amide bonds. The standard InChI is InChI=1S/C24H28N2O8/c1-3-33-23(31)25(15-17-11-7-5-8-12-17)19(21(27)28)20(22(29)30)26(24(32)34-4-2)16-18-13-9-6-10-14-18/h5-14,19-20H,3-4,15-16H2,1-2H3,(H,27,28)(H,29,30)/t19-,20+. The minimum Gasteiger partial charge on any atom is -0.480 e. The van der Waals surface area contributed by atoms with Gasteiger partial charge in [-0.2, -0.15) is 0 Å². The molecule has 0 aliphatic carbocycles. The van der Waals surface area contributed by atoms with Gasteiger partial charge in [-0.15, -0.1) is 0 Å². The number of hydrogen-bond donors (Lipinski definition) is 2. The van der Waals surface area contributed by atoms with Gasteiger partial charge in [-0.1, -0.05) is 60.7 Å². The van der Waals surface area contributed by atoms with E-state index in [9.17, 15) is 29.4 Å². The van der Waals surface area contributed by atoms with Crippen LogP contribution in [-0.4, -0.2) is 69.4 Å². The summed E-state index contributed by atoms with van der Waals surface area (Å²) in [6.07, 6.45) is -2.04. The third-order valence-electron chi connectivity index (χ3n) is 4.87. The van der Waals surface area contributed by atoms with E-state index in [1.165, 1.54) is 0 Å². The van der Waals surface area contributed by atoms with E-state index in [-0.39, 0.29) is 26.3 Å². The van der Waals surface area contributed by atoms with Crippen LogP contribution < -0.4 is 0 Å². The van der Waals surface area contributed by atoms with Crippen LogP contribution in [-0.2, 0) is 32.2 Å². The van der Waals surface area contributed by atoms with E-state index in [2.05, 4.69) is 0 Å². The second-order valence-corrected chi connectivity index (χ2v) is 7.19. The molecule has 0 radical (unpaired) electrons. The molecule has 2 aromatic carbocycles. The molecule has 0 fully saturated rings. The zero-order chi connectivity index (χ0) is 25.1. The Morgan fingerprint density at radius 2 is 1.00 bits per heavy atom. The van der Waals surface area contributed by atoms with Crippen molar-refractivity contribution in [2.24, 2.45) is 0 Å². The summed E-state index contributed by atoms with van der Waals surface area (Å²) in [6.45, 7) is 2.48. The molecular formula is C24H28N2O8. The van der Waals surface area contributed by atoms with Crippen molar-refractivity contribution in [3.05, 3.63) is 71.8 Å². The molecule has 2 rings (SSSR count). The molecule has 34 heavy (non-hydrogen) atoms. The molecule has 2 aromatic rings. The molecule has 10 nitrogen and oxygen atoms in total. The fraction of sp³-hybridized carbons (Fsp3) is 0.333. The van der Waals surface area contributed by atoms with Crippen LogP contribution in [0, 0.1) is 0 Å². The molecule has 0 spiro atoms. The Kier molecular flexibility index (Phi) is 9.88. The van der Waals surface area contributed by atoms with Crippen LogP contribution in [0.1, 0.15) is 25.0 Å². The number of carbonyl (C=O) groups excluding carboxylic acids is 2. The average Bonchev–Trinajstić information content (AvgIpc) is 2.81. The quantitative estimate of drug-likeness (QED) is 0.509. The van der Waals surface area contributed by atoms with Crippen LogP contribution in [0.25, 0.3) is 0 Å². The van der Waals surface area contributed by atoms with Gasteiger partial charge in [0, 0.05) is 0 Å². The van der Waals surface area contributed by atoms with Gasteiger partial charge < -0.3 is 19.7 Å². The zero-order valence-corrected chi connectivity index (χ0v) is 19.0. The van der Waals surface area contributed by atoms with Crippen molar-refractivity contribution < 1.29 is 38.9 Å². The molecule has 2 atom stereocenters. The van der Waals surface area contributed by atoms with E-state index in [0.717, 1.165) is 9.80 Å². The molecule has 0 aliphatic rings. The topological polar surface area (TPSA) is 134 Å². The van der Waals surface area contributed by atoms with E-state index >= 15 is 0 Å². The molecular weight excluding hydrogens is 444 g/mol. The normalized spacial score (nSPS) is 12.2. The van der Waals surface area contributed by atoms with E-state index in [1.807, 2.05) is 0 Å². The summed E-state index contributed by atoms with van der Waals surface area (Å²) in [7, 11) is 0. The molecule has 0 saturated heterocycles. The molecule has 0 aromatic heterocycles. The SMILES string of the molecule is CCOC(=O)N(Cc1ccccc1)[C@H](C(=O)O)[C@H](C(=O)O)N(Cc1ccccc1)C(=O)OCC. The smallest absolute Gasteiger partial charge is 0.410 e. The number of aliphatic carboxylic acids is 2. The molecule has 0 unspecified atom stereocenters. The van der Waals surface area contributed by atoms with E-state index in [0.29, 0.717) is 11.1 Å². The van der Waals surface area contributed by atoms with Gasteiger partial charge in [0.05, 0.1) is 26.3 Å². The second-order valence-electron chi connectivity index (χ2n) is 7.19. The number of amides is 2. The first-order chi connectivity index (χ1) is 16.3. The monoisotopic (exact) mass is 472 g/mol. The maximum atomic E-state index is 12.8. The van der Waals surface area contributed by atoms with Crippen LogP contribution in [0.4, 0.5) is 9.59 Å². The lowest BCUT2D eigenvalue weighted by molar-refractivity contribution is -0.156. The van der Waals surface area contributed by atoms with Crippen molar-refractivity contribution in [1.82, 2.24) is 9.80 Å². The van der Waals surface area contributed by atoms with Crippen molar-refractivity contribution in [2.75, 3.05) is 13.2 Å². The van der Waals surface area contributed by atoms with Crippen LogP contribution in [0.5, 0.6) is 0 Å². The highest BCUT2D eigenvalue weighted by Gasteiger charge is 2.47. The molecule has 2 N–H and O–H groups in total. The number of nitrogens with zero attached hydrogens (tertiary/aromatic N) is 2. The Bertz CT molecular complexity index is 888. The van der Waals surface area contributed by atoms with Crippen molar-refractivity contribution in [1.29, 1.82) is 0 Å². The summed E-state index contributed by atoms with van der Waals surface area (Å²) in [5.41, 5.74) is 1.10. The van der Waals surface area contributed by atoms with Crippen molar-refractivity contribution in [3.63, 3.8) is 0 Å². The minimum absolute atomic E-state index is 0.0557. The summed E-state index contributed by atoms with van der Waals surface area (Å²) in [5, 5.41) is 20.2. The molecule has 0 saturated carbocycles. The predicted octanol–water partition coefficient (Wildman–Crippen LogP) is 3.21. The zero-order valence-electron chi connectivity index (χ0n) is 19.0. The lowest BCUT2D eigenvalue weighted by atomic mass is 10.0. The highest BCUT2D eigenvalue weighted by Crippen LogP contribution is 2.21. The number of carboxylic acids is 2. The van der Waals surface area contributed by atoms with Gasteiger partial charge in [0.2, 0.25) is 0 Å². The number of hydrogen-bond acceptors (Lipinski definition) is 6. The van der Waals surface area contributed by atoms with Gasteiger partial charge in [0.15, 0.2) is 12.1 Å². The summed E-state index contributed by atoms with van der Waals surface area (Å²) >= 11 is 0. The third-order valence-corrected chi connectivity index (χ3v) is 4.87. The number of carbonyl (C=O) groups is 4. The van der Waals surface area contributed by atoms with E-state index in [4.69, 9.17) is 9.47 Å². The van der Waals surface area contributed by atoms with Crippen molar-refractivity contribution >= 4 is 24.1 Å². The minimum atomic E-state index is -1.97. The summed E-state index contributed by atoms with van der Waals surface area (Å²) in [6, 6.07) is 13.0. The fourth-order valence-corrected chi connectivity index (χ4v) is 3.40. The van der Waals surface area contributed by atoms with Gasteiger partial charge in [0.1, 0.15) is 0 Å². The van der Waals surface area contributed by atoms with Crippen LogP contribution in [0.2, 0.25) is 0 Å². The first-order valence-electron chi connectivity index (χ1n) is 10.7. The van der Waals surface area contributed by atoms with Crippen molar-refractivity contribution in [3.8, 4) is 0 Å². The average molecular weight is 472 g/mol. The number of carboxylic acid groups (broad SMARTS) is 2.